The first-order valence-corrected chi connectivity index (χ1v) is 10.4. The van der Waals surface area contributed by atoms with Gasteiger partial charge < -0.3 is 14.9 Å². The van der Waals surface area contributed by atoms with Crippen molar-refractivity contribution in [3.8, 4) is 0 Å². The molecule has 2 N–H and O–H groups in total. The number of benzene rings is 2. The fourth-order valence-corrected chi connectivity index (χ4v) is 4.26. The summed E-state index contributed by atoms with van der Waals surface area (Å²) in [6.07, 6.45) is 0. The molecule has 0 saturated carbocycles. The Labute approximate surface area is 173 Å². The minimum atomic E-state index is -0.351. The van der Waals surface area contributed by atoms with Crippen LogP contribution in [0.4, 0.5) is 5.69 Å². The Kier molecular flexibility index (Phi) is 4.67. The van der Waals surface area contributed by atoms with Crippen LogP contribution in [0.2, 0.25) is 0 Å². The molecule has 0 amide bonds. The standard InChI is InChI=1S/C23H25N5O2/c1-16-6-8-17(9-7-16)27-13-10-26(11-14-27)12-15-28-22(29)21-20(25-23(28)30)18-4-2-3-5-19(18)24-21/h2-9,24H,10-15H2,1H3,(H,25,30). The molecule has 7 heteroatoms. The van der Waals surface area contributed by atoms with Crippen LogP contribution in [0.25, 0.3) is 21.9 Å². The van der Waals surface area contributed by atoms with E-state index >= 15 is 0 Å². The first-order valence-electron chi connectivity index (χ1n) is 10.4. The van der Waals surface area contributed by atoms with Crippen LogP contribution in [0, 0.1) is 6.92 Å². The third-order valence-electron chi connectivity index (χ3n) is 6.05. The van der Waals surface area contributed by atoms with Gasteiger partial charge in [0.2, 0.25) is 0 Å². The van der Waals surface area contributed by atoms with Gasteiger partial charge in [-0.25, -0.2) is 4.79 Å². The summed E-state index contributed by atoms with van der Waals surface area (Å²) in [6.45, 7) is 6.86. The fraction of sp³-hybridized carbons (Fsp3) is 0.304. The molecule has 0 unspecified atom stereocenters. The number of fused-ring (bicyclic) bond motifs is 3. The molecule has 4 aromatic rings. The first-order chi connectivity index (χ1) is 14.6. The van der Waals surface area contributed by atoms with Gasteiger partial charge in [0.1, 0.15) is 5.52 Å². The van der Waals surface area contributed by atoms with E-state index in [4.69, 9.17) is 0 Å². The third-order valence-corrected chi connectivity index (χ3v) is 6.05. The van der Waals surface area contributed by atoms with E-state index in [0.717, 1.165) is 37.1 Å². The van der Waals surface area contributed by atoms with Gasteiger partial charge in [-0.3, -0.25) is 14.3 Å². The monoisotopic (exact) mass is 403 g/mol. The molecular weight excluding hydrogens is 378 g/mol. The highest BCUT2D eigenvalue weighted by molar-refractivity contribution is 6.04. The van der Waals surface area contributed by atoms with E-state index in [9.17, 15) is 9.59 Å². The maximum atomic E-state index is 12.9. The maximum absolute atomic E-state index is 12.9. The second-order valence-electron chi connectivity index (χ2n) is 7.97. The lowest BCUT2D eigenvalue weighted by molar-refractivity contribution is 0.246. The lowest BCUT2D eigenvalue weighted by Gasteiger charge is -2.36. The van der Waals surface area contributed by atoms with E-state index in [1.54, 1.807) is 0 Å². The van der Waals surface area contributed by atoms with E-state index in [1.807, 2.05) is 24.3 Å². The van der Waals surface area contributed by atoms with E-state index in [1.165, 1.54) is 15.8 Å². The highest BCUT2D eigenvalue weighted by atomic mass is 16.2. The van der Waals surface area contributed by atoms with Gasteiger partial charge in [0.15, 0.2) is 0 Å². The predicted molar refractivity (Wildman–Crippen MR) is 121 cm³/mol. The maximum Gasteiger partial charge on any atom is 0.328 e. The van der Waals surface area contributed by atoms with Gasteiger partial charge >= 0.3 is 5.69 Å². The topological polar surface area (TPSA) is 77.1 Å². The van der Waals surface area contributed by atoms with E-state index in [-0.39, 0.29) is 11.2 Å². The summed E-state index contributed by atoms with van der Waals surface area (Å²) in [6, 6.07) is 16.2. The lowest BCUT2D eigenvalue weighted by atomic mass is 10.2. The number of hydrogen-bond acceptors (Lipinski definition) is 4. The Morgan fingerprint density at radius 1 is 0.833 bits per heavy atom. The van der Waals surface area contributed by atoms with Crippen molar-refractivity contribution in [2.24, 2.45) is 0 Å². The lowest BCUT2D eigenvalue weighted by Crippen LogP contribution is -2.48. The van der Waals surface area contributed by atoms with Crippen LogP contribution in [-0.4, -0.2) is 52.2 Å². The molecule has 1 aliphatic heterocycles. The molecule has 3 heterocycles. The number of aryl methyl sites for hydroxylation is 1. The van der Waals surface area contributed by atoms with Crippen molar-refractivity contribution in [3.63, 3.8) is 0 Å². The Balaban J connectivity index is 1.30. The van der Waals surface area contributed by atoms with Crippen LogP contribution in [0.15, 0.2) is 58.1 Å². The number of aromatic amines is 2. The second kappa shape index (κ2) is 7.50. The van der Waals surface area contributed by atoms with E-state index in [2.05, 4.69) is 51.0 Å². The smallest absolute Gasteiger partial charge is 0.328 e. The summed E-state index contributed by atoms with van der Waals surface area (Å²) in [5.41, 5.74) is 3.80. The van der Waals surface area contributed by atoms with Gasteiger partial charge in [0.25, 0.3) is 5.56 Å². The second-order valence-corrected chi connectivity index (χ2v) is 7.97. The summed E-state index contributed by atoms with van der Waals surface area (Å²) >= 11 is 0. The predicted octanol–water partition coefficient (Wildman–Crippen LogP) is 2.30. The van der Waals surface area contributed by atoms with Crippen LogP contribution in [0.3, 0.4) is 0 Å². The number of hydrogen-bond donors (Lipinski definition) is 2. The van der Waals surface area contributed by atoms with Gasteiger partial charge in [0.05, 0.1) is 5.52 Å². The normalized spacial score (nSPS) is 15.3. The van der Waals surface area contributed by atoms with Crippen molar-refractivity contribution < 1.29 is 0 Å². The average molecular weight is 403 g/mol. The van der Waals surface area contributed by atoms with Crippen molar-refractivity contribution in [1.29, 1.82) is 0 Å². The van der Waals surface area contributed by atoms with Crippen LogP contribution >= 0.6 is 0 Å². The molecule has 2 aromatic carbocycles. The summed E-state index contributed by atoms with van der Waals surface area (Å²) in [4.78, 5) is 36.3. The largest absolute Gasteiger partial charge is 0.369 e. The molecule has 7 nitrogen and oxygen atoms in total. The number of piperazine rings is 1. The van der Waals surface area contributed by atoms with E-state index in [0.29, 0.717) is 24.1 Å². The molecule has 0 spiro atoms. The zero-order valence-corrected chi connectivity index (χ0v) is 17.0. The summed E-state index contributed by atoms with van der Waals surface area (Å²) in [5.74, 6) is 0. The van der Waals surface area contributed by atoms with Crippen LogP contribution < -0.4 is 16.1 Å². The number of para-hydroxylation sites is 1. The molecule has 2 aromatic heterocycles. The highest BCUT2D eigenvalue weighted by Gasteiger charge is 2.18. The van der Waals surface area contributed by atoms with Gasteiger partial charge in [-0.2, -0.15) is 0 Å². The molecule has 0 radical (unpaired) electrons. The number of H-pyrrole nitrogens is 2. The number of rotatable bonds is 4. The number of aromatic nitrogens is 3. The van der Waals surface area contributed by atoms with Crippen molar-refractivity contribution in [2.75, 3.05) is 37.6 Å². The molecule has 1 saturated heterocycles. The summed E-state index contributed by atoms with van der Waals surface area (Å²) in [5, 5.41) is 0.862. The van der Waals surface area contributed by atoms with Crippen LogP contribution in [0.1, 0.15) is 5.56 Å². The highest BCUT2D eigenvalue weighted by Crippen LogP contribution is 2.20. The van der Waals surface area contributed by atoms with Gasteiger partial charge in [-0.05, 0) is 25.1 Å². The molecule has 1 aliphatic rings. The zero-order chi connectivity index (χ0) is 20.7. The molecule has 5 rings (SSSR count). The molecule has 0 bridgehead atoms. The number of anilines is 1. The van der Waals surface area contributed by atoms with Crippen LogP contribution in [0.5, 0.6) is 0 Å². The Morgan fingerprint density at radius 3 is 2.33 bits per heavy atom. The Bertz CT molecular complexity index is 1310. The van der Waals surface area contributed by atoms with Crippen LogP contribution in [-0.2, 0) is 6.54 Å². The number of nitrogens with zero attached hydrogens (tertiary/aromatic N) is 3. The van der Waals surface area contributed by atoms with Crippen molar-refractivity contribution in [3.05, 3.63) is 74.9 Å². The van der Waals surface area contributed by atoms with Gasteiger partial charge in [-0.15, -0.1) is 0 Å². The van der Waals surface area contributed by atoms with E-state index < -0.39 is 0 Å². The van der Waals surface area contributed by atoms with Crippen molar-refractivity contribution in [1.82, 2.24) is 19.4 Å². The quantitative estimate of drug-likeness (QED) is 0.548. The first kappa shape index (κ1) is 18.7. The van der Waals surface area contributed by atoms with Crippen molar-refractivity contribution >= 4 is 27.6 Å². The number of nitrogens with one attached hydrogen (secondary N) is 2. The third kappa shape index (κ3) is 3.31. The summed E-state index contributed by atoms with van der Waals surface area (Å²) in [7, 11) is 0. The summed E-state index contributed by atoms with van der Waals surface area (Å²) < 4.78 is 1.31. The van der Waals surface area contributed by atoms with Gasteiger partial charge in [0, 0.05) is 55.9 Å². The van der Waals surface area contributed by atoms with Gasteiger partial charge in [-0.1, -0.05) is 35.9 Å². The Morgan fingerprint density at radius 2 is 1.57 bits per heavy atom. The molecule has 30 heavy (non-hydrogen) atoms. The molecule has 154 valence electrons. The molecular formula is C23H25N5O2. The SMILES string of the molecule is Cc1ccc(N2CCN(CCn3c(=O)[nH]c4c([nH]c5ccccc54)c3=O)CC2)cc1. The molecule has 1 fully saturated rings. The minimum Gasteiger partial charge on any atom is -0.369 e. The van der Waals surface area contributed by atoms with Crippen molar-refractivity contribution in [2.45, 2.75) is 13.5 Å². The molecule has 0 aliphatic carbocycles. The minimum absolute atomic E-state index is 0.261. The zero-order valence-electron chi connectivity index (χ0n) is 17.0. The molecule has 0 atom stereocenters. The Hall–Kier alpha value is -3.32. The fourth-order valence-electron chi connectivity index (χ4n) is 4.26. The average Bonchev–Trinajstić information content (AvgIpc) is 3.13.